The molecule has 94 valence electrons. The third-order valence-corrected chi connectivity index (χ3v) is 3.68. The fourth-order valence-electron chi connectivity index (χ4n) is 1.57. The summed E-state index contributed by atoms with van der Waals surface area (Å²) in [7, 11) is 0. The largest absolute Gasteiger partial charge is 0.380 e. The van der Waals surface area contributed by atoms with Crippen molar-refractivity contribution in [1.82, 2.24) is 4.98 Å². The number of rotatable bonds is 3. The zero-order chi connectivity index (χ0) is 13.1. The van der Waals surface area contributed by atoms with Crippen LogP contribution < -0.4 is 5.32 Å². The minimum Gasteiger partial charge on any atom is -0.380 e. The predicted molar refractivity (Wildman–Crippen MR) is 77.8 cm³/mol. The van der Waals surface area contributed by atoms with E-state index in [1.54, 1.807) is 24.5 Å². The molecule has 0 bridgehead atoms. The van der Waals surface area contributed by atoms with Gasteiger partial charge in [0.15, 0.2) is 0 Å². The van der Waals surface area contributed by atoms with Gasteiger partial charge >= 0.3 is 0 Å². The molecule has 0 spiro atoms. The number of nitrogens with zero attached hydrogens (tertiary/aromatic N) is 1. The van der Waals surface area contributed by atoms with E-state index in [2.05, 4.69) is 10.3 Å². The number of hydrogen-bond donors (Lipinski definition) is 1. The van der Waals surface area contributed by atoms with E-state index in [-0.39, 0.29) is 0 Å². The van der Waals surface area contributed by atoms with Crippen LogP contribution in [-0.4, -0.2) is 4.98 Å². The summed E-state index contributed by atoms with van der Waals surface area (Å²) in [5, 5.41) is 4.80. The summed E-state index contributed by atoms with van der Waals surface area (Å²) in [6.45, 7) is 2.49. The topological polar surface area (TPSA) is 24.9 Å². The summed E-state index contributed by atoms with van der Waals surface area (Å²) in [5.74, 6) is 0. The molecule has 0 fully saturated rings. The fraction of sp³-hybridized carbons (Fsp3) is 0.154. The van der Waals surface area contributed by atoms with Gasteiger partial charge in [0.2, 0.25) is 0 Å². The van der Waals surface area contributed by atoms with Crippen molar-refractivity contribution < 1.29 is 0 Å². The van der Waals surface area contributed by atoms with Crippen molar-refractivity contribution in [3.05, 3.63) is 56.8 Å². The van der Waals surface area contributed by atoms with E-state index in [4.69, 9.17) is 34.8 Å². The van der Waals surface area contributed by atoms with E-state index in [0.29, 0.717) is 21.6 Å². The van der Waals surface area contributed by atoms with Crippen molar-refractivity contribution in [1.29, 1.82) is 0 Å². The van der Waals surface area contributed by atoms with Crippen LogP contribution in [0.5, 0.6) is 0 Å². The highest BCUT2D eigenvalue weighted by Crippen LogP contribution is 2.31. The second kappa shape index (κ2) is 5.79. The second-order valence-electron chi connectivity index (χ2n) is 3.93. The number of hydrogen-bond acceptors (Lipinski definition) is 2. The first-order valence-electron chi connectivity index (χ1n) is 5.36. The van der Waals surface area contributed by atoms with E-state index in [1.165, 1.54) is 0 Å². The molecular formula is C13H11Cl3N2. The Hall–Kier alpha value is -0.960. The number of halogens is 3. The number of anilines is 1. The summed E-state index contributed by atoms with van der Waals surface area (Å²) >= 11 is 18.2. The lowest BCUT2D eigenvalue weighted by atomic mass is 10.2. The molecule has 0 aliphatic carbocycles. The van der Waals surface area contributed by atoms with Gasteiger partial charge in [0, 0.05) is 29.5 Å². The molecule has 1 aromatic heterocycles. The maximum Gasteiger partial charge on any atom is 0.0657 e. The number of aryl methyl sites for hydroxylation is 1. The number of benzene rings is 1. The molecule has 1 aromatic carbocycles. The van der Waals surface area contributed by atoms with Gasteiger partial charge in [-0.1, -0.05) is 34.8 Å². The van der Waals surface area contributed by atoms with Crippen LogP contribution in [0.3, 0.4) is 0 Å². The maximum atomic E-state index is 6.12. The number of nitrogens with one attached hydrogen (secondary N) is 1. The Morgan fingerprint density at radius 2 is 1.83 bits per heavy atom. The average molecular weight is 302 g/mol. The van der Waals surface area contributed by atoms with Crippen LogP contribution in [0.15, 0.2) is 30.6 Å². The molecule has 0 saturated heterocycles. The summed E-state index contributed by atoms with van der Waals surface area (Å²) in [6.07, 6.45) is 3.55. The van der Waals surface area contributed by atoms with Gasteiger partial charge < -0.3 is 5.32 Å². The van der Waals surface area contributed by atoms with E-state index in [0.717, 1.165) is 16.8 Å². The summed E-state index contributed by atoms with van der Waals surface area (Å²) in [5.41, 5.74) is 2.79. The minimum absolute atomic E-state index is 0.484. The Morgan fingerprint density at radius 3 is 2.56 bits per heavy atom. The minimum atomic E-state index is 0.484. The smallest absolute Gasteiger partial charge is 0.0657 e. The van der Waals surface area contributed by atoms with Crippen LogP contribution in [0.2, 0.25) is 15.1 Å². The van der Waals surface area contributed by atoms with Crippen molar-refractivity contribution in [2.45, 2.75) is 13.5 Å². The summed E-state index contributed by atoms with van der Waals surface area (Å²) < 4.78 is 0. The van der Waals surface area contributed by atoms with E-state index >= 15 is 0 Å². The van der Waals surface area contributed by atoms with E-state index < -0.39 is 0 Å². The molecule has 1 heterocycles. The van der Waals surface area contributed by atoms with Crippen LogP contribution in [-0.2, 0) is 6.54 Å². The lowest BCUT2D eigenvalue weighted by Gasteiger charge is -2.11. The molecule has 0 saturated carbocycles. The lowest BCUT2D eigenvalue weighted by molar-refractivity contribution is 1.13. The van der Waals surface area contributed by atoms with Crippen molar-refractivity contribution in [3.63, 3.8) is 0 Å². The van der Waals surface area contributed by atoms with Gasteiger partial charge in [-0.15, -0.1) is 0 Å². The number of aromatic nitrogens is 1. The third kappa shape index (κ3) is 3.08. The van der Waals surface area contributed by atoms with Crippen LogP contribution >= 0.6 is 34.8 Å². The second-order valence-corrected chi connectivity index (χ2v) is 5.12. The predicted octanol–water partition coefficient (Wildman–Crippen LogP) is 4.96. The van der Waals surface area contributed by atoms with Gasteiger partial charge in [-0.05, 0) is 30.7 Å². The standard InChI is InChI=1S/C13H11Cl3N2/c1-8-4-9(6-17-5-8)18-7-10-11(14)2-3-12(15)13(10)16/h2-6,18H,7H2,1H3. The zero-order valence-corrected chi connectivity index (χ0v) is 11.9. The first kappa shape index (κ1) is 13.5. The molecule has 0 amide bonds. The van der Waals surface area contributed by atoms with Gasteiger partial charge in [0.1, 0.15) is 0 Å². The highest BCUT2D eigenvalue weighted by Gasteiger charge is 2.09. The van der Waals surface area contributed by atoms with Crippen LogP contribution in [0.1, 0.15) is 11.1 Å². The van der Waals surface area contributed by atoms with Crippen LogP contribution in [0, 0.1) is 6.92 Å². The maximum absolute atomic E-state index is 6.12. The average Bonchev–Trinajstić information content (AvgIpc) is 2.34. The SMILES string of the molecule is Cc1cncc(NCc2c(Cl)ccc(Cl)c2Cl)c1. The monoisotopic (exact) mass is 300 g/mol. The fourth-order valence-corrected chi connectivity index (χ4v) is 2.25. The molecule has 5 heteroatoms. The molecule has 0 unspecified atom stereocenters. The van der Waals surface area contributed by atoms with Gasteiger partial charge in [-0.2, -0.15) is 0 Å². The first-order valence-corrected chi connectivity index (χ1v) is 6.49. The molecule has 1 N–H and O–H groups in total. The summed E-state index contributed by atoms with van der Waals surface area (Å²) in [6, 6.07) is 5.42. The normalized spacial score (nSPS) is 10.4. The Bertz CT molecular complexity index is 570. The highest BCUT2D eigenvalue weighted by molar-refractivity contribution is 6.44. The van der Waals surface area contributed by atoms with Crippen LogP contribution in [0.4, 0.5) is 5.69 Å². The van der Waals surface area contributed by atoms with Gasteiger partial charge in [-0.3, -0.25) is 4.98 Å². The molecule has 2 rings (SSSR count). The van der Waals surface area contributed by atoms with Crippen molar-refractivity contribution in [3.8, 4) is 0 Å². The Labute approximate surface area is 121 Å². The van der Waals surface area contributed by atoms with Crippen molar-refractivity contribution >= 4 is 40.5 Å². The molecule has 2 aromatic rings. The Morgan fingerprint density at radius 1 is 1.11 bits per heavy atom. The van der Waals surface area contributed by atoms with Crippen molar-refractivity contribution in [2.75, 3.05) is 5.32 Å². The lowest BCUT2D eigenvalue weighted by Crippen LogP contribution is -2.01. The first-order chi connectivity index (χ1) is 8.58. The zero-order valence-electron chi connectivity index (χ0n) is 9.67. The summed E-state index contributed by atoms with van der Waals surface area (Å²) in [4.78, 5) is 4.10. The Kier molecular flexibility index (Phi) is 4.33. The van der Waals surface area contributed by atoms with Crippen molar-refractivity contribution in [2.24, 2.45) is 0 Å². The Balaban J connectivity index is 2.18. The van der Waals surface area contributed by atoms with Gasteiger partial charge in [0.25, 0.3) is 0 Å². The van der Waals surface area contributed by atoms with E-state index in [1.807, 2.05) is 13.0 Å². The molecule has 18 heavy (non-hydrogen) atoms. The molecule has 0 atom stereocenters. The molecule has 2 nitrogen and oxygen atoms in total. The van der Waals surface area contributed by atoms with Gasteiger partial charge in [0.05, 0.1) is 15.7 Å². The quantitative estimate of drug-likeness (QED) is 0.810. The van der Waals surface area contributed by atoms with E-state index in [9.17, 15) is 0 Å². The third-order valence-electron chi connectivity index (χ3n) is 2.48. The molecular weight excluding hydrogens is 291 g/mol. The van der Waals surface area contributed by atoms with Crippen LogP contribution in [0.25, 0.3) is 0 Å². The molecule has 0 radical (unpaired) electrons. The highest BCUT2D eigenvalue weighted by atomic mass is 35.5. The van der Waals surface area contributed by atoms with Gasteiger partial charge in [-0.25, -0.2) is 0 Å². The number of pyridine rings is 1. The molecule has 0 aliphatic rings. The molecule has 0 aliphatic heterocycles.